The summed E-state index contributed by atoms with van der Waals surface area (Å²) in [7, 11) is 1.70. The highest BCUT2D eigenvalue weighted by Gasteiger charge is 2.31. The first-order valence-electron chi connectivity index (χ1n) is 18.4. The van der Waals surface area contributed by atoms with Gasteiger partial charge in [-0.15, -0.1) is 0 Å². The van der Waals surface area contributed by atoms with Gasteiger partial charge in [-0.1, -0.05) is 103 Å². The first kappa shape index (κ1) is 43.1. The zero-order valence-electron chi connectivity index (χ0n) is 31.0. The predicted octanol–water partition coefficient (Wildman–Crippen LogP) is 13.0. The Kier molecular flexibility index (Phi) is 21.5. The molecule has 0 aliphatic rings. The molecular weight excluding hydrogens is 600 g/mol. The van der Waals surface area contributed by atoms with Gasteiger partial charge in [0.25, 0.3) is 0 Å². The van der Waals surface area contributed by atoms with E-state index in [2.05, 4.69) is 41.5 Å². The minimum atomic E-state index is -0.523. The second-order valence-corrected chi connectivity index (χ2v) is 14.2. The molecule has 2 nitrogen and oxygen atoms in total. The quantitative estimate of drug-likeness (QED) is 0.0868. The van der Waals surface area contributed by atoms with E-state index in [0.717, 1.165) is 37.8 Å². The summed E-state index contributed by atoms with van der Waals surface area (Å²) in [6.07, 6.45) is 18.1. The van der Waals surface area contributed by atoms with Crippen LogP contribution in [-0.2, 0) is 22.3 Å². The molecule has 2 rings (SSSR count). The normalized spacial score (nSPS) is 13.3. The Labute approximate surface area is 285 Å². The van der Waals surface area contributed by atoms with Gasteiger partial charge in [-0.3, -0.25) is 0 Å². The molecule has 0 N–H and O–H groups in total. The smallest absolute Gasteiger partial charge is 0.129 e. The average Bonchev–Trinajstić information content (AvgIpc) is 3.01. The highest BCUT2D eigenvalue weighted by molar-refractivity contribution is 5.20. The predicted molar refractivity (Wildman–Crippen MR) is 190 cm³/mol. The molecule has 0 spiro atoms. The third kappa shape index (κ3) is 17.3. The Morgan fingerprint density at radius 3 is 1.30 bits per heavy atom. The molecule has 0 aliphatic heterocycles. The molecule has 0 fully saturated rings. The SMILES string of the molecule is CCCCCCCCC(Cc1ccc(F)cc1F)C(C)(C)OC.CCCCCCCCC(Cc1ccc(F)cc1F)C(C)(C)OCC. The minimum absolute atomic E-state index is 0.221. The van der Waals surface area contributed by atoms with Gasteiger partial charge in [0.2, 0.25) is 0 Å². The number of methoxy groups -OCH3 is 1. The second kappa shape index (κ2) is 23.4. The van der Waals surface area contributed by atoms with Crippen LogP contribution in [0.4, 0.5) is 17.6 Å². The number of rotatable bonds is 23. The lowest BCUT2D eigenvalue weighted by Gasteiger charge is -2.34. The van der Waals surface area contributed by atoms with Crippen LogP contribution in [0.5, 0.6) is 0 Å². The molecule has 0 bridgehead atoms. The lowest BCUT2D eigenvalue weighted by atomic mass is 9.81. The highest BCUT2D eigenvalue weighted by Crippen LogP contribution is 2.32. The second-order valence-electron chi connectivity index (χ2n) is 14.2. The van der Waals surface area contributed by atoms with Gasteiger partial charge in [-0.2, -0.15) is 0 Å². The van der Waals surface area contributed by atoms with E-state index >= 15 is 0 Å². The van der Waals surface area contributed by atoms with E-state index in [4.69, 9.17) is 9.47 Å². The van der Waals surface area contributed by atoms with Crippen molar-refractivity contribution in [3.8, 4) is 0 Å². The molecule has 270 valence electrons. The summed E-state index contributed by atoms with van der Waals surface area (Å²) < 4.78 is 65.7. The third-order valence-electron chi connectivity index (χ3n) is 9.78. The Hall–Kier alpha value is -1.92. The molecule has 2 aromatic rings. The van der Waals surface area contributed by atoms with Crippen LogP contribution < -0.4 is 0 Å². The van der Waals surface area contributed by atoms with Crippen LogP contribution in [-0.4, -0.2) is 24.9 Å². The van der Waals surface area contributed by atoms with Gasteiger partial charge in [0, 0.05) is 25.8 Å². The van der Waals surface area contributed by atoms with Gasteiger partial charge in [-0.25, -0.2) is 17.6 Å². The van der Waals surface area contributed by atoms with E-state index in [1.54, 1.807) is 19.2 Å². The fraction of sp³-hybridized carbons (Fsp3) is 0.707. The van der Waals surface area contributed by atoms with Crippen molar-refractivity contribution < 1.29 is 27.0 Å². The van der Waals surface area contributed by atoms with Crippen molar-refractivity contribution in [2.75, 3.05) is 13.7 Å². The van der Waals surface area contributed by atoms with Gasteiger partial charge < -0.3 is 9.47 Å². The van der Waals surface area contributed by atoms with Gasteiger partial charge >= 0.3 is 0 Å². The zero-order valence-corrected chi connectivity index (χ0v) is 31.0. The highest BCUT2D eigenvalue weighted by atomic mass is 19.1. The van der Waals surface area contributed by atoms with E-state index in [1.807, 2.05) is 6.92 Å². The fourth-order valence-corrected chi connectivity index (χ4v) is 6.29. The summed E-state index contributed by atoms with van der Waals surface area (Å²) >= 11 is 0. The molecular formula is C41H66F4O2. The van der Waals surface area contributed by atoms with Crippen LogP contribution in [0.15, 0.2) is 36.4 Å². The Bertz CT molecular complexity index is 1100. The minimum Gasteiger partial charge on any atom is -0.379 e. The van der Waals surface area contributed by atoms with Gasteiger partial charge in [-0.05, 0) is 95.4 Å². The average molecular weight is 667 g/mol. The van der Waals surface area contributed by atoms with Crippen LogP contribution in [0.25, 0.3) is 0 Å². The number of hydrogen-bond donors (Lipinski definition) is 0. The summed E-state index contributed by atoms with van der Waals surface area (Å²) in [5.74, 6) is -1.50. The molecule has 2 atom stereocenters. The maximum Gasteiger partial charge on any atom is 0.129 e. The molecule has 0 aromatic heterocycles. The molecule has 0 radical (unpaired) electrons. The Morgan fingerprint density at radius 1 is 0.553 bits per heavy atom. The van der Waals surface area contributed by atoms with Crippen molar-refractivity contribution in [1.82, 2.24) is 0 Å². The van der Waals surface area contributed by atoms with Gasteiger partial charge in [0.1, 0.15) is 23.3 Å². The maximum absolute atomic E-state index is 14.0. The van der Waals surface area contributed by atoms with Crippen molar-refractivity contribution in [3.63, 3.8) is 0 Å². The first-order valence-corrected chi connectivity index (χ1v) is 18.4. The largest absolute Gasteiger partial charge is 0.379 e. The summed E-state index contributed by atoms with van der Waals surface area (Å²) in [5, 5.41) is 0. The fourth-order valence-electron chi connectivity index (χ4n) is 6.29. The first-order chi connectivity index (χ1) is 22.3. The number of benzene rings is 2. The summed E-state index contributed by atoms with van der Waals surface area (Å²) in [5.41, 5.74) is 0.538. The van der Waals surface area contributed by atoms with E-state index in [-0.39, 0.29) is 23.0 Å². The lowest BCUT2D eigenvalue weighted by molar-refractivity contribution is -0.0575. The number of unbranched alkanes of at least 4 members (excludes halogenated alkanes) is 10. The van der Waals surface area contributed by atoms with Gasteiger partial charge in [0.15, 0.2) is 0 Å². The number of hydrogen-bond acceptors (Lipinski definition) is 2. The summed E-state index contributed by atoms with van der Waals surface area (Å²) in [4.78, 5) is 0. The zero-order chi connectivity index (χ0) is 35.3. The van der Waals surface area contributed by atoms with Crippen LogP contribution in [0.2, 0.25) is 0 Å². The van der Waals surface area contributed by atoms with E-state index < -0.39 is 23.3 Å². The number of halogens is 4. The maximum atomic E-state index is 14.0. The molecule has 6 heteroatoms. The van der Waals surface area contributed by atoms with Crippen LogP contribution in [0.3, 0.4) is 0 Å². The monoisotopic (exact) mass is 666 g/mol. The van der Waals surface area contributed by atoms with Crippen LogP contribution >= 0.6 is 0 Å². The van der Waals surface area contributed by atoms with Gasteiger partial charge in [0.05, 0.1) is 11.2 Å². The van der Waals surface area contributed by atoms with Crippen LogP contribution in [0.1, 0.15) is 149 Å². The van der Waals surface area contributed by atoms with Crippen molar-refractivity contribution in [2.45, 2.75) is 162 Å². The van der Waals surface area contributed by atoms with Crippen LogP contribution in [0, 0.1) is 35.1 Å². The van der Waals surface area contributed by atoms with Crippen molar-refractivity contribution in [2.24, 2.45) is 11.8 Å². The molecule has 0 aliphatic carbocycles. The Morgan fingerprint density at radius 2 is 0.936 bits per heavy atom. The molecule has 0 heterocycles. The van der Waals surface area contributed by atoms with Crippen molar-refractivity contribution >= 4 is 0 Å². The standard InChI is InChI=1S/C21H34F2O.C20H32F2O/c1-5-7-8-9-10-11-12-18(21(3,4)24-6-2)15-17-13-14-19(22)16-20(17)23;1-5-6-7-8-9-10-11-17(20(2,3)23-4)14-16-12-13-18(21)15-19(16)22/h13-14,16,18H,5-12,15H2,1-4H3;12-13,15,17H,5-11,14H2,1-4H3. The van der Waals surface area contributed by atoms with E-state index in [9.17, 15) is 17.6 Å². The molecule has 0 saturated carbocycles. The number of ether oxygens (including phenoxy) is 2. The lowest BCUT2D eigenvalue weighted by Crippen LogP contribution is -2.36. The summed E-state index contributed by atoms with van der Waals surface area (Å²) in [6, 6.07) is 7.75. The van der Waals surface area contributed by atoms with Crippen molar-refractivity contribution in [1.29, 1.82) is 0 Å². The molecule has 0 saturated heterocycles. The molecule has 2 unspecified atom stereocenters. The third-order valence-corrected chi connectivity index (χ3v) is 9.78. The van der Waals surface area contributed by atoms with Crippen molar-refractivity contribution in [3.05, 3.63) is 70.8 Å². The molecule has 47 heavy (non-hydrogen) atoms. The topological polar surface area (TPSA) is 18.5 Å². The Balaban J connectivity index is 0.000000470. The van der Waals surface area contributed by atoms with E-state index in [1.165, 1.54) is 76.3 Å². The molecule has 0 amide bonds. The summed E-state index contributed by atoms with van der Waals surface area (Å²) in [6.45, 7) is 15.3. The van der Waals surface area contributed by atoms with E-state index in [0.29, 0.717) is 30.6 Å². The molecule has 2 aromatic carbocycles.